The van der Waals surface area contributed by atoms with Gasteiger partial charge in [-0.05, 0) is 53.3 Å². The Kier molecular flexibility index (Phi) is 5.49. The van der Waals surface area contributed by atoms with Crippen LogP contribution in [-0.2, 0) is 4.79 Å². The molecule has 1 aliphatic carbocycles. The van der Waals surface area contributed by atoms with Gasteiger partial charge in [0.2, 0.25) is 0 Å². The quantitative estimate of drug-likeness (QED) is 0.512. The molecule has 0 saturated heterocycles. The summed E-state index contributed by atoms with van der Waals surface area (Å²) < 4.78 is 8.54. The highest BCUT2D eigenvalue weighted by atomic mass is 79.9. The number of allylic oxidation sites excluding steroid dienone is 2. The van der Waals surface area contributed by atoms with Crippen LogP contribution in [0.15, 0.2) is 74.1 Å². The number of benzene rings is 2. The molecule has 0 fully saturated rings. The van der Waals surface area contributed by atoms with Gasteiger partial charge in [-0.25, -0.2) is 4.99 Å². The first-order chi connectivity index (χ1) is 15.8. The summed E-state index contributed by atoms with van der Waals surface area (Å²) in [5.41, 5.74) is 2.95. The van der Waals surface area contributed by atoms with Crippen molar-refractivity contribution in [3.8, 4) is 5.75 Å². The highest BCUT2D eigenvalue weighted by Gasteiger charge is 2.40. The fraction of sp³-hybridized carbons (Fsp3) is 0.269. The first-order valence-corrected chi connectivity index (χ1v) is 12.3. The van der Waals surface area contributed by atoms with Gasteiger partial charge in [-0.15, -0.1) is 0 Å². The first kappa shape index (κ1) is 22.0. The predicted molar refractivity (Wildman–Crippen MR) is 133 cm³/mol. The number of ketones is 1. The first-order valence-electron chi connectivity index (χ1n) is 10.7. The van der Waals surface area contributed by atoms with E-state index in [0.29, 0.717) is 27.7 Å². The number of Topliss-reactive ketones (excluding diaryl/α,β-unsaturated/α-hetero) is 1. The van der Waals surface area contributed by atoms with E-state index in [1.54, 1.807) is 11.7 Å². The Morgan fingerprint density at radius 2 is 1.91 bits per heavy atom. The van der Waals surface area contributed by atoms with E-state index >= 15 is 0 Å². The number of carbonyl (C=O) groups is 1. The Hall–Kier alpha value is -2.77. The molecule has 0 N–H and O–H groups in total. The summed E-state index contributed by atoms with van der Waals surface area (Å²) in [6.07, 6.45) is 3.03. The Bertz CT molecular complexity index is 1480. The third-order valence-corrected chi connectivity index (χ3v) is 7.55. The number of aromatic nitrogens is 1. The SMILES string of the molecule is COc1ccc(C2C3=C(CC(C)(C)CC3=O)N=c3sc(=Cc4cccc(Br)c4)c(=O)n32)cc1. The van der Waals surface area contributed by atoms with Crippen LogP contribution in [0.3, 0.4) is 0 Å². The molecule has 1 unspecified atom stereocenters. The van der Waals surface area contributed by atoms with Crippen LogP contribution in [0.4, 0.5) is 0 Å². The number of fused-ring (bicyclic) bond motifs is 1. The molecule has 1 atom stereocenters. The van der Waals surface area contributed by atoms with Crippen molar-refractivity contribution < 1.29 is 9.53 Å². The van der Waals surface area contributed by atoms with Gasteiger partial charge >= 0.3 is 0 Å². The third kappa shape index (κ3) is 4.04. The Labute approximate surface area is 203 Å². The minimum atomic E-state index is -0.490. The van der Waals surface area contributed by atoms with Crippen molar-refractivity contribution in [2.75, 3.05) is 7.11 Å². The number of rotatable bonds is 3. The molecule has 33 heavy (non-hydrogen) atoms. The molecule has 3 aromatic rings. The lowest BCUT2D eigenvalue weighted by Gasteiger charge is -2.35. The van der Waals surface area contributed by atoms with Crippen LogP contribution in [0.5, 0.6) is 5.75 Å². The number of ether oxygens (including phenoxy) is 1. The lowest BCUT2D eigenvalue weighted by Crippen LogP contribution is -2.42. The Morgan fingerprint density at radius 1 is 1.15 bits per heavy atom. The summed E-state index contributed by atoms with van der Waals surface area (Å²) in [4.78, 5) is 32.5. The van der Waals surface area contributed by atoms with Crippen molar-refractivity contribution in [3.05, 3.63) is 95.1 Å². The number of hydrogen-bond acceptors (Lipinski definition) is 5. The van der Waals surface area contributed by atoms with Crippen LogP contribution >= 0.6 is 27.3 Å². The maximum Gasteiger partial charge on any atom is 0.271 e. The summed E-state index contributed by atoms with van der Waals surface area (Å²) in [6.45, 7) is 4.18. The van der Waals surface area contributed by atoms with Crippen LogP contribution in [0, 0.1) is 5.41 Å². The van der Waals surface area contributed by atoms with Gasteiger partial charge in [-0.3, -0.25) is 14.2 Å². The Balaban J connectivity index is 1.75. The van der Waals surface area contributed by atoms with Gasteiger partial charge < -0.3 is 4.74 Å². The van der Waals surface area contributed by atoms with Gasteiger partial charge in [0.25, 0.3) is 5.56 Å². The minimum Gasteiger partial charge on any atom is -0.497 e. The van der Waals surface area contributed by atoms with Gasteiger partial charge in [0.15, 0.2) is 10.6 Å². The van der Waals surface area contributed by atoms with Crippen LogP contribution in [0.25, 0.3) is 6.08 Å². The van der Waals surface area contributed by atoms with Crippen molar-refractivity contribution in [3.63, 3.8) is 0 Å². The van der Waals surface area contributed by atoms with Crippen LogP contribution in [0.2, 0.25) is 0 Å². The molecular weight excluding hydrogens is 500 g/mol. The predicted octanol–water partition coefficient (Wildman–Crippen LogP) is 4.38. The van der Waals surface area contributed by atoms with Crippen molar-refractivity contribution >= 4 is 39.1 Å². The summed E-state index contributed by atoms with van der Waals surface area (Å²) in [7, 11) is 1.62. The number of halogens is 1. The molecule has 2 aromatic carbocycles. The van der Waals surface area contributed by atoms with Gasteiger partial charge in [0, 0.05) is 16.5 Å². The zero-order chi connectivity index (χ0) is 23.3. The largest absolute Gasteiger partial charge is 0.497 e. The summed E-state index contributed by atoms with van der Waals surface area (Å²) in [5, 5.41) is 0. The van der Waals surface area contributed by atoms with E-state index in [9.17, 15) is 9.59 Å². The highest BCUT2D eigenvalue weighted by Crippen LogP contribution is 2.43. The lowest BCUT2D eigenvalue weighted by atomic mass is 9.73. The van der Waals surface area contributed by atoms with Crippen molar-refractivity contribution in [1.29, 1.82) is 0 Å². The summed E-state index contributed by atoms with van der Waals surface area (Å²) in [6, 6.07) is 14.9. The molecule has 7 heteroatoms. The molecular formula is C26H23BrN2O3S. The van der Waals surface area contributed by atoms with E-state index in [1.807, 2.05) is 54.6 Å². The standard InChI is InChI=1S/C26H23BrN2O3S/c1-26(2)13-19-22(20(30)14-26)23(16-7-9-18(32-3)10-8-16)29-24(31)21(33-25(29)28-19)12-15-5-4-6-17(27)11-15/h4-12,23H,13-14H2,1-3H3. The third-order valence-electron chi connectivity index (χ3n) is 6.07. The maximum absolute atomic E-state index is 13.6. The van der Waals surface area contributed by atoms with E-state index < -0.39 is 6.04 Å². The number of thiazole rings is 1. The fourth-order valence-electron chi connectivity index (χ4n) is 4.60. The molecule has 0 radical (unpaired) electrons. The van der Waals surface area contributed by atoms with Gasteiger partial charge in [-0.2, -0.15) is 0 Å². The summed E-state index contributed by atoms with van der Waals surface area (Å²) >= 11 is 4.86. The molecule has 168 valence electrons. The van der Waals surface area contributed by atoms with Gasteiger partial charge in [0.05, 0.1) is 23.4 Å². The van der Waals surface area contributed by atoms with Gasteiger partial charge in [-0.1, -0.05) is 65.4 Å². The van der Waals surface area contributed by atoms with Crippen LogP contribution < -0.4 is 19.6 Å². The van der Waals surface area contributed by atoms with E-state index in [4.69, 9.17) is 9.73 Å². The van der Waals surface area contributed by atoms with E-state index in [-0.39, 0.29) is 16.8 Å². The molecule has 2 heterocycles. The number of methoxy groups -OCH3 is 1. The van der Waals surface area contributed by atoms with Gasteiger partial charge in [0.1, 0.15) is 5.75 Å². The van der Waals surface area contributed by atoms with Crippen molar-refractivity contribution in [2.45, 2.75) is 32.7 Å². The zero-order valence-electron chi connectivity index (χ0n) is 18.6. The summed E-state index contributed by atoms with van der Waals surface area (Å²) in [5.74, 6) is 0.790. The number of hydrogen-bond donors (Lipinski definition) is 0. The number of carbonyl (C=O) groups excluding carboxylic acids is 1. The van der Waals surface area contributed by atoms with Crippen LogP contribution in [-0.4, -0.2) is 17.5 Å². The minimum absolute atomic E-state index is 0.0621. The van der Waals surface area contributed by atoms with E-state index in [1.165, 1.54) is 11.3 Å². The molecule has 0 saturated carbocycles. The highest BCUT2D eigenvalue weighted by molar-refractivity contribution is 9.10. The lowest BCUT2D eigenvalue weighted by molar-refractivity contribution is -0.118. The fourth-order valence-corrected chi connectivity index (χ4v) is 6.04. The van der Waals surface area contributed by atoms with Crippen molar-refractivity contribution in [1.82, 2.24) is 4.57 Å². The monoisotopic (exact) mass is 522 g/mol. The smallest absolute Gasteiger partial charge is 0.271 e. The Morgan fingerprint density at radius 3 is 2.61 bits per heavy atom. The van der Waals surface area contributed by atoms with Crippen molar-refractivity contribution in [2.24, 2.45) is 10.4 Å². The molecule has 5 nitrogen and oxygen atoms in total. The van der Waals surface area contributed by atoms with Crippen LogP contribution in [0.1, 0.15) is 43.9 Å². The molecule has 5 rings (SSSR count). The second-order valence-corrected chi connectivity index (χ2v) is 11.1. The average Bonchev–Trinajstić information content (AvgIpc) is 3.06. The maximum atomic E-state index is 13.6. The zero-order valence-corrected chi connectivity index (χ0v) is 21.0. The topological polar surface area (TPSA) is 60.7 Å². The molecule has 0 spiro atoms. The van der Waals surface area contributed by atoms with E-state index in [0.717, 1.165) is 27.0 Å². The molecule has 1 aliphatic heterocycles. The molecule has 1 aromatic heterocycles. The average molecular weight is 523 g/mol. The second kappa shape index (κ2) is 8.22. The van der Waals surface area contributed by atoms with E-state index in [2.05, 4.69) is 29.8 Å². The molecule has 0 bridgehead atoms. The number of nitrogens with zero attached hydrogens (tertiary/aromatic N) is 2. The second-order valence-electron chi connectivity index (χ2n) is 9.21. The molecule has 0 amide bonds. The molecule has 2 aliphatic rings. The normalized spacial score (nSPS) is 19.7.